The second-order valence-electron chi connectivity index (χ2n) is 6.39. The van der Waals surface area contributed by atoms with Crippen LogP contribution >= 0.6 is 15.9 Å². The van der Waals surface area contributed by atoms with Gasteiger partial charge < -0.3 is 10.2 Å². The summed E-state index contributed by atoms with van der Waals surface area (Å²) in [4.78, 5) is 2.53. The van der Waals surface area contributed by atoms with Crippen molar-refractivity contribution in [2.45, 2.75) is 58.5 Å². The molecule has 118 valence electrons. The SMILES string of the molecule is CCCNCc1ccc(Br)cc1N(C)C1CCCCC1C. The quantitative estimate of drug-likeness (QED) is 0.727. The van der Waals surface area contributed by atoms with E-state index in [9.17, 15) is 0 Å². The minimum absolute atomic E-state index is 0.679. The van der Waals surface area contributed by atoms with E-state index in [4.69, 9.17) is 0 Å². The Labute approximate surface area is 138 Å². The third-order valence-corrected chi connectivity index (χ3v) is 5.23. The normalized spacial score (nSPS) is 22.3. The highest BCUT2D eigenvalue weighted by molar-refractivity contribution is 9.10. The third-order valence-electron chi connectivity index (χ3n) is 4.73. The molecule has 1 aromatic carbocycles. The molecular weight excluding hydrogens is 324 g/mol. The van der Waals surface area contributed by atoms with Crippen molar-refractivity contribution in [3.63, 3.8) is 0 Å². The van der Waals surface area contributed by atoms with Crippen molar-refractivity contribution in [1.29, 1.82) is 0 Å². The summed E-state index contributed by atoms with van der Waals surface area (Å²) in [6, 6.07) is 7.37. The second-order valence-corrected chi connectivity index (χ2v) is 7.31. The highest BCUT2D eigenvalue weighted by atomic mass is 79.9. The van der Waals surface area contributed by atoms with Gasteiger partial charge in [0.1, 0.15) is 0 Å². The van der Waals surface area contributed by atoms with Gasteiger partial charge in [-0.15, -0.1) is 0 Å². The molecule has 2 atom stereocenters. The van der Waals surface area contributed by atoms with Crippen molar-refractivity contribution >= 4 is 21.6 Å². The molecule has 0 amide bonds. The summed E-state index contributed by atoms with van der Waals surface area (Å²) in [5.41, 5.74) is 2.79. The fourth-order valence-electron chi connectivity index (χ4n) is 3.47. The Bertz CT molecular complexity index is 447. The molecule has 1 N–H and O–H groups in total. The Morgan fingerprint density at radius 1 is 1.29 bits per heavy atom. The highest BCUT2D eigenvalue weighted by Crippen LogP contribution is 2.33. The second kappa shape index (κ2) is 8.19. The van der Waals surface area contributed by atoms with Crippen LogP contribution in [0.5, 0.6) is 0 Å². The molecule has 0 radical (unpaired) electrons. The molecule has 1 fully saturated rings. The highest BCUT2D eigenvalue weighted by Gasteiger charge is 2.26. The van der Waals surface area contributed by atoms with Crippen LogP contribution in [-0.2, 0) is 6.54 Å². The molecule has 0 aromatic heterocycles. The first-order valence-electron chi connectivity index (χ1n) is 8.35. The molecule has 0 saturated heterocycles. The van der Waals surface area contributed by atoms with E-state index in [1.807, 2.05) is 0 Å². The number of rotatable bonds is 6. The van der Waals surface area contributed by atoms with Crippen molar-refractivity contribution in [3.8, 4) is 0 Å². The van der Waals surface area contributed by atoms with Crippen LogP contribution in [0.1, 0.15) is 51.5 Å². The molecule has 1 aromatic rings. The Balaban J connectivity index is 2.17. The summed E-state index contributed by atoms with van der Waals surface area (Å²) in [7, 11) is 2.28. The molecule has 2 nitrogen and oxygen atoms in total. The van der Waals surface area contributed by atoms with E-state index in [1.54, 1.807) is 0 Å². The summed E-state index contributed by atoms with van der Waals surface area (Å²) >= 11 is 3.64. The van der Waals surface area contributed by atoms with Gasteiger partial charge in [-0.3, -0.25) is 0 Å². The molecule has 0 bridgehead atoms. The maximum atomic E-state index is 3.64. The topological polar surface area (TPSA) is 15.3 Å². The third kappa shape index (κ3) is 4.46. The van der Waals surface area contributed by atoms with Gasteiger partial charge >= 0.3 is 0 Å². The molecular formula is C18H29BrN2. The molecule has 21 heavy (non-hydrogen) atoms. The molecule has 1 aliphatic rings. The Kier molecular flexibility index (Phi) is 6.56. The van der Waals surface area contributed by atoms with Crippen molar-refractivity contribution in [2.24, 2.45) is 5.92 Å². The minimum atomic E-state index is 0.679. The molecule has 2 rings (SSSR count). The standard InChI is InChI=1S/C18H29BrN2/c1-4-11-20-13-15-9-10-16(19)12-18(15)21(3)17-8-6-5-7-14(17)2/h9-10,12,14,17,20H,4-8,11,13H2,1-3H3. The maximum absolute atomic E-state index is 3.64. The Hall–Kier alpha value is -0.540. The number of anilines is 1. The Morgan fingerprint density at radius 3 is 2.76 bits per heavy atom. The van der Waals surface area contributed by atoms with Crippen molar-refractivity contribution in [2.75, 3.05) is 18.5 Å². The lowest BCUT2D eigenvalue weighted by Gasteiger charge is -2.38. The van der Waals surface area contributed by atoms with Gasteiger partial charge in [-0.05, 0) is 49.4 Å². The van der Waals surface area contributed by atoms with Crippen LogP contribution in [-0.4, -0.2) is 19.6 Å². The molecule has 1 aliphatic carbocycles. The van der Waals surface area contributed by atoms with Crippen LogP contribution in [0.2, 0.25) is 0 Å². The van der Waals surface area contributed by atoms with Gasteiger partial charge in [-0.25, -0.2) is 0 Å². The largest absolute Gasteiger partial charge is 0.371 e. The van der Waals surface area contributed by atoms with Gasteiger partial charge in [0, 0.05) is 29.8 Å². The maximum Gasteiger partial charge on any atom is 0.0423 e. The molecule has 1 saturated carbocycles. The van der Waals surface area contributed by atoms with E-state index in [1.165, 1.54) is 47.8 Å². The van der Waals surface area contributed by atoms with E-state index in [-0.39, 0.29) is 0 Å². The lowest BCUT2D eigenvalue weighted by atomic mass is 9.84. The van der Waals surface area contributed by atoms with Gasteiger partial charge in [0.05, 0.1) is 0 Å². The van der Waals surface area contributed by atoms with Crippen LogP contribution < -0.4 is 10.2 Å². The summed E-state index contributed by atoms with van der Waals surface area (Å²) in [6.07, 6.45) is 6.64. The van der Waals surface area contributed by atoms with Gasteiger partial charge in [0.25, 0.3) is 0 Å². The zero-order valence-corrected chi connectivity index (χ0v) is 15.2. The Morgan fingerprint density at radius 2 is 2.05 bits per heavy atom. The number of hydrogen-bond acceptors (Lipinski definition) is 2. The zero-order valence-electron chi connectivity index (χ0n) is 13.7. The molecule has 0 heterocycles. The van der Waals surface area contributed by atoms with Crippen molar-refractivity contribution in [3.05, 3.63) is 28.2 Å². The summed E-state index contributed by atoms with van der Waals surface area (Å²) in [5, 5.41) is 3.54. The first kappa shape index (κ1) is 16.8. The van der Waals surface area contributed by atoms with Crippen molar-refractivity contribution < 1.29 is 0 Å². The predicted molar refractivity (Wildman–Crippen MR) is 96.0 cm³/mol. The summed E-state index contributed by atoms with van der Waals surface area (Å²) in [5.74, 6) is 0.791. The van der Waals surface area contributed by atoms with Crippen molar-refractivity contribution in [1.82, 2.24) is 5.32 Å². The van der Waals surface area contributed by atoms with E-state index >= 15 is 0 Å². The number of halogens is 1. The van der Waals surface area contributed by atoms with Crippen LogP contribution in [0.3, 0.4) is 0 Å². The lowest BCUT2D eigenvalue weighted by Crippen LogP contribution is -2.39. The van der Waals surface area contributed by atoms with Gasteiger partial charge in [-0.1, -0.05) is 48.7 Å². The van der Waals surface area contributed by atoms with Crippen LogP contribution in [0.15, 0.2) is 22.7 Å². The van der Waals surface area contributed by atoms with Crippen LogP contribution in [0.25, 0.3) is 0 Å². The average Bonchev–Trinajstić information content (AvgIpc) is 2.49. The number of nitrogens with one attached hydrogen (secondary N) is 1. The zero-order chi connectivity index (χ0) is 15.2. The van der Waals surface area contributed by atoms with Crippen LogP contribution in [0.4, 0.5) is 5.69 Å². The smallest absolute Gasteiger partial charge is 0.0423 e. The lowest BCUT2D eigenvalue weighted by molar-refractivity contribution is 0.321. The van der Waals surface area contributed by atoms with E-state index < -0.39 is 0 Å². The molecule has 0 spiro atoms. The number of benzene rings is 1. The average molecular weight is 353 g/mol. The molecule has 0 aliphatic heterocycles. The van der Waals surface area contributed by atoms with Crippen LogP contribution in [0, 0.1) is 5.92 Å². The van der Waals surface area contributed by atoms with E-state index in [0.29, 0.717) is 6.04 Å². The monoisotopic (exact) mass is 352 g/mol. The molecule has 2 unspecified atom stereocenters. The van der Waals surface area contributed by atoms with Gasteiger partial charge in [0.15, 0.2) is 0 Å². The fraction of sp³-hybridized carbons (Fsp3) is 0.667. The van der Waals surface area contributed by atoms with Gasteiger partial charge in [-0.2, -0.15) is 0 Å². The molecule has 3 heteroatoms. The fourth-order valence-corrected chi connectivity index (χ4v) is 3.81. The predicted octanol–water partition coefficient (Wildman–Crippen LogP) is 4.96. The first-order valence-corrected chi connectivity index (χ1v) is 9.14. The van der Waals surface area contributed by atoms with Gasteiger partial charge in [0.2, 0.25) is 0 Å². The summed E-state index contributed by atoms with van der Waals surface area (Å²) < 4.78 is 1.17. The first-order chi connectivity index (χ1) is 10.1. The number of nitrogens with zero attached hydrogens (tertiary/aromatic N) is 1. The minimum Gasteiger partial charge on any atom is -0.371 e. The van der Waals surface area contributed by atoms with E-state index in [0.717, 1.165) is 19.0 Å². The summed E-state index contributed by atoms with van der Waals surface area (Å²) in [6.45, 7) is 6.67. The van der Waals surface area contributed by atoms with E-state index in [2.05, 4.69) is 65.2 Å². The number of hydrogen-bond donors (Lipinski definition) is 1.